The molecule has 0 saturated carbocycles. The zero-order valence-electron chi connectivity index (χ0n) is 12.8. The number of unbranched alkanes of at least 4 members (excludes halogenated alkanes) is 1. The van der Waals surface area contributed by atoms with Gasteiger partial charge >= 0.3 is 19.5 Å². The Bertz CT molecular complexity index is 387. The Morgan fingerprint density at radius 1 is 0.955 bits per heavy atom. The van der Waals surface area contributed by atoms with Crippen LogP contribution in [0, 0.1) is 0 Å². The fourth-order valence-corrected chi connectivity index (χ4v) is 3.01. The maximum atomic E-state index is 12.4. The molecule has 0 radical (unpaired) electrons. The predicted octanol–water partition coefficient (Wildman–Crippen LogP) is 2.47. The number of esters is 2. The Kier molecular flexibility index (Phi) is 11.4. The minimum atomic E-state index is -3.31. The molecule has 22 heavy (non-hydrogen) atoms. The van der Waals surface area contributed by atoms with Gasteiger partial charge in [-0.2, -0.15) is 0 Å². The van der Waals surface area contributed by atoms with Gasteiger partial charge in [-0.05, 0) is 6.42 Å². The van der Waals surface area contributed by atoms with Crippen molar-refractivity contribution in [2.24, 2.45) is 0 Å². The monoisotopic (exact) mass is 334 g/mol. The van der Waals surface area contributed by atoms with Gasteiger partial charge in [-0.3, -0.25) is 4.57 Å². The summed E-state index contributed by atoms with van der Waals surface area (Å²) in [6.07, 6.45) is 3.79. The van der Waals surface area contributed by atoms with Crippen LogP contribution < -0.4 is 0 Å². The van der Waals surface area contributed by atoms with Crippen LogP contribution >= 0.6 is 7.60 Å². The lowest BCUT2D eigenvalue weighted by Crippen LogP contribution is -2.12. The first-order valence-corrected chi connectivity index (χ1v) is 8.66. The summed E-state index contributed by atoms with van der Waals surface area (Å²) in [5, 5.41) is 0. The summed E-state index contributed by atoms with van der Waals surface area (Å²) >= 11 is 0. The molecule has 0 aliphatic rings. The molecule has 0 fully saturated rings. The first-order chi connectivity index (χ1) is 10.5. The number of rotatable bonds is 13. The van der Waals surface area contributed by atoms with Crippen LogP contribution in [0.2, 0.25) is 0 Å². The number of hydrogen-bond acceptors (Lipinski definition) is 7. The molecule has 0 rings (SSSR count). The van der Waals surface area contributed by atoms with Gasteiger partial charge in [-0.1, -0.05) is 26.5 Å². The van der Waals surface area contributed by atoms with Crippen molar-refractivity contribution in [3.8, 4) is 0 Å². The standard InChI is InChI=1S/C14H23O7P/c1-4-7-12-22(17,20-10-8-18-13(15)5-2)21-11-9-19-14(16)6-3/h5-6H,2-4,7-12H2,1H3. The highest BCUT2D eigenvalue weighted by atomic mass is 31.2. The molecule has 0 amide bonds. The third kappa shape index (κ3) is 10.3. The van der Waals surface area contributed by atoms with Gasteiger partial charge in [0.1, 0.15) is 13.2 Å². The van der Waals surface area contributed by atoms with E-state index in [1.54, 1.807) is 0 Å². The summed E-state index contributed by atoms with van der Waals surface area (Å²) in [6, 6.07) is 0. The van der Waals surface area contributed by atoms with Crippen molar-refractivity contribution < 1.29 is 32.7 Å². The van der Waals surface area contributed by atoms with Gasteiger partial charge in [0.2, 0.25) is 0 Å². The molecule has 0 aliphatic carbocycles. The fourth-order valence-electron chi connectivity index (χ4n) is 1.27. The Balaban J connectivity index is 4.18. The molecule has 0 unspecified atom stereocenters. The van der Waals surface area contributed by atoms with Gasteiger partial charge in [-0.25, -0.2) is 9.59 Å². The van der Waals surface area contributed by atoms with Gasteiger partial charge in [0.15, 0.2) is 0 Å². The second-order valence-corrected chi connectivity index (χ2v) is 6.28. The normalized spacial score (nSPS) is 10.8. The molecule has 0 aliphatic heterocycles. The minimum absolute atomic E-state index is 0.0459. The molecule has 126 valence electrons. The molecule has 0 aromatic rings. The van der Waals surface area contributed by atoms with Crippen molar-refractivity contribution in [3.63, 3.8) is 0 Å². The Morgan fingerprint density at radius 2 is 1.41 bits per heavy atom. The molecule has 0 heterocycles. The summed E-state index contributed by atoms with van der Waals surface area (Å²) in [5.74, 6) is -1.16. The molecule has 0 bridgehead atoms. The topological polar surface area (TPSA) is 88.1 Å². The lowest BCUT2D eigenvalue weighted by molar-refractivity contribution is -0.139. The van der Waals surface area contributed by atoms with E-state index in [4.69, 9.17) is 18.5 Å². The van der Waals surface area contributed by atoms with Crippen LogP contribution in [0.15, 0.2) is 25.3 Å². The third-order valence-corrected chi connectivity index (χ3v) is 4.37. The first-order valence-electron chi connectivity index (χ1n) is 6.94. The number of carbonyl (C=O) groups is 2. The Hall–Kier alpha value is -1.43. The molecule has 7 nitrogen and oxygen atoms in total. The van der Waals surface area contributed by atoms with E-state index in [1.165, 1.54) is 0 Å². The van der Waals surface area contributed by atoms with Crippen molar-refractivity contribution in [2.75, 3.05) is 32.6 Å². The molecule has 0 aromatic heterocycles. The van der Waals surface area contributed by atoms with Gasteiger partial charge in [0.05, 0.1) is 19.4 Å². The average molecular weight is 334 g/mol. The van der Waals surface area contributed by atoms with Crippen LogP contribution in [0.3, 0.4) is 0 Å². The maximum Gasteiger partial charge on any atom is 0.330 e. The molecular weight excluding hydrogens is 311 g/mol. The zero-order chi connectivity index (χ0) is 16.8. The van der Waals surface area contributed by atoms with E-state index in [-0.39, 0.29) is 32.6 Å². The smallest absolute Gasteiger partial charge is 0.330 e. The van der Waals surface area contributed by atoms with Crippen LogP contribution in [0.5, 0.6) is 0 Å². The highest BCUT2D eigenvalue weighted by Crippen LogP contribution is 2.48. The van der Waals surface area contributed by atoms with Crippen molar-refractivity contribution in [1.29, 1.82) is 0 Å². The molecule has 0 spiro atoms. The van der Waals surface area contributed by atoms with Crippen LogP contribution in [0.4, 0.5) is 0 Å². The summed E-state index contributed by atoms with van der Waals surface area (Å²) in [4.78, 5) is 21.7. The average Bonchev–Trinajstić information content (AvgIpc) is 2.53. The maximum absolute atomic E-state index is 12.4. The van der Waals surface area contributed by atoms with E-state index in [0.29, 0.717) is 6.42 Å². The molecule has 0 N–H and O–H groups in total. The van der Waals surface area contributed by atoms with Crippen LogP contribution in [-0.2, 0) is 32.7 Å². The van der Waals surface area contributed by atoms with E-state index in [0.717, 1.165) is 18.6 Å². The summed E-state index contributed by atoms with van der Waals surface area (Å²) < 4.78 is 32.3. The van der Waals surface area contributed by atoms with Gasteiger partial charge in [-0.15, -0.1) is 0 Å². The lowest BCUT2D eigenvalue weighted by atomic mass is 10.4. The van der Waals surface area contributed by atoms with Crippen LogP contribution in [0.1, 0.15) is 19.8 Å². The molecule has 8 heteroatoms. The van der Waals surface area contributed by atoms with E-state index < -0.39 is 19.5 Å². The molecule has 0 atom stereocenters. The summed E-state index contributed by atoms with van der Waals surface area (Å²) in [5.41, 5.74) is 0. The fraction of sp³-hybridized carbons (Fsp3) is 0.571. The quantitative estimate of drug-likeness (QED) is 0.221. The van der Waals surface area contributed by atoms with Gasteiger partial charge in [0.25, 0.3) is 0 Å². The largest absolute Gasteiger partial charge is 0.460 e. The minimum Gasteiger partial charge on any atom is -0.460 e. The van der Waals surface area contributed by atoms with Crippen molar-refractivity contribution >= 4 is 19.5 Å². The van der Waals surface area contributed by atoms with Crippen molar-refractivity contribution in [2.45, 2.75) is 19.8 Å². The van der Waals surface area contributed by atoms with Crippen molar-refractivity contribution in [1.82, 2.24) is 0 Å². The van der Waals surface area contributed by atoms with Crippen molar-refractivity contribution in [3.05, 3.63) is 25.3 Å². The summed E-state index contributed by atoms with van der Waals surface area (Å²) in [6.45, 7) is 8.27. The second-order valence-electron chi connectivity index (χ2n) is 4.10. The van der Waals surface area contributed by atoms with Crippen LogP contribution in [0.25, 0.3) is 0 Å². The van der Waals surface area contributed by atoms with Gasteiger partial charge < -0.3 is 18.5 Å². The lowest BCUT2D eigenvalue weighted by Gasteiger charge is -2.18. The molecule has 0 saturated heterocycles. The molecule has 0 aromatic carbocycles. The number of carbonyl (C=O) groups excluding carboxylic acids is 2. The highest BCUT2D eigenvalue weighted by Gasteiger charge is 2.24. The van der Waals surface area contributed by atoms with E-state index >= 15 is 0 Å². The zero-order valence-corrected chi connectivity index (χ0v) is 13.7. The number of ether oxygens (including phenoxy) is 2. The molecular formula is C14H23O7P. The highest BCUT2D eigenvalue weighted by molar-refractivity contribution is 7.53. The summed E-state index contributed by atoms with van der Waals surface area (Å²) in [7, 11) is -3.31. The van der Waals surface area contributed by atoms with Crippen LogP contribution in [-0.4, -0.2) is 44.5 Å². The third-order valence-electron chi connectivity index (χ3n) is 2.35. The SMILES string of the molecule is C=CC(=O)OCCOP(=O)(CCCC)OCCOC(=O)C=C. The van der Waals surface area contributed by atoms with E-state index in [9.17, 15) is 14.2 Å². The Morgan fingerprint density at radius 3 is 1.77 bits per heavy atom. The Labute approximate surface area is 130 Å². The van der Waals surface area contributed by atoms with E-state index in [2.05, 4.69) is 13.2 Å². The van der Waals surface area contributed by atoms with Gasteiger partial charge in [0, 0.05) is 12.2 Å². The second kappa shape index (κ2) is 12.1. The number of hydrogen-bond donors (Lipinski definition) is 0. The van der Waals surface area contributed by atoms with E-state index in [1.807, 2.05) is 6.92 Å². The first kappa shape index (κ1) is 20.6. The predicted molar refractivity (Wildman–Crippen MR) is 81.6 cm³/mol.